The van der Waals surface area contributed by atoms with E-state index in [1.54, 1.807) is 12.1 Å². The Bertz CT molecular complexity index is 421. The number of benzene rings is 1. The normalized spacial score (nSPS) is 23.6. The van der Waals surface area contributed by atoms with E-state index in [-0.39, 0.29) is 10.8 Å². The zero-order valence-electron chi connectivity index (χ0n) is 12.3. The van der Waals surface area contributed by atoms with E-state index >= 15 is 0 Å². The lowest BCUT2D eigenvalue weighted by molar-refractivity contribution is 0.332. The Balaban J connectivity index is 2.03. The molecule has 2 rings (SSSR count). The van der Waals surface area contributed by atoms with E-state index in [0.29, 0.717) is 12.0 Å². The van der Waals surface area contributed by atoms with Gasteiger partial charge < -0.3 is 5.32 Å². The van der Waals surface area contributed by atoms with Gasteiger partial charge in [0.2, 0.25) is 0 Å². The van der Waals surface area contributed by atoms with Crippen LogP contribution in [0.5, 0.6) is 0 Å². The van der Waals surface area contributed by atoms with Crippen molar-refractivity contribution >= 4 is 11.6 Å². The number of nitrogens with one attached hydrogen (secondary N) is 1. The average molecular weight is 298 g/mol. The Morgan fingerprint density at radius 1 is 1.25 bits per heavy atom. The first kappa shape index (κ1) is 15.8. The van der Waals surface area contributed by atoms with E-state index in [0.717, 1.165) is 18.5 Å². The molecule has 2 atom stereocenters. The number of rotatable bonds is 5. The molecule has 0 saturated heterocycles. The standard InChI is InChI=1S/C17H25ClFN/c1-2-10-20-17-7-5-3-4-6-14(17)11-13-8-9-15(18)16(19)12-13/h8-9,12,14,17,20H,2-7,10-11H2,1H3. The van der Waals surface area contributed by atoms with Crippen molar-refractivity contribution < 1.29 is 4.39 Å². The Morgan fingerprint density at radius 2 is 2.05 bits per heavy atom. The SMILES string of the molecule is CCCNC1CCCCCC1Cc1ccc(Cl)c(F)c1. The van der Waals surface area contributed by atoms with Crippen LogP contribution in [0.15, 0.2) is 18.2 Å². The van der Waals surface area contributed by atoms with E-state index in [1.165, 1.54) is 38.5 Å². The molecule has 0 heterocycles. The fourth-order valence-corrected chi connectivity index (χ4v) is 3.31. The van der Waals surface area contributed by atoms with E-state index in [1.807, 2.05) is 6.07 Å². The monoisotopic (exact) mass is 297 g/mol. The van der Waals surface area contributed by atoms with Crippen molar-refractivity contribution in [1.29, 1.82) is 0 Å². The summed E-state index contributed by atoms with van der Waals surface area (Å²) >= 11 is 5.76. The molecule has 0 aromatic heterocycles. The lowest BCUT2D eigenvalue weighted by atomic mass is 9.88. The van der Waals surface area contributed by atoms with Crippen LogP contribution in [0.2, 0.25) is 5.02 Å². The van der Waals surface area contributed by atoms with Gasteiger partial charge in [0, 0.05) is 6.04 Å². The van der Waals surface area contributed by atoms with Crippen LogP contribution in [0.25, 0.3) is 0 Å². The molecule has 1 aliphatic carbocycles. The van der Waals surface area contributed by atoms with Gasteiger partial charge in [0.15, 0.2) is 0 Å². The smallest absolute Gasteiger partial charge is 0.142 e. The molecule has 0 aliphatic heterocycles. The molecule has 1 N–H and O–H groups in total. The maximum atomic E-state index is 13.6. The summed E-state index contributed by atoms with van der Waals surface area (Å²) in [6.07, 6.45) is 8.55. The first-order valence-electron chi connectivity index (χ1n) is 7.88. The summed E-state index contributed by atoms with van der Waals surface area (Å²) in [5, 5.41) is 3.91. The maximum Gasteiger partial charge on any atom is 0.142 e. The summed E-state index contributed by atoms with van der Waals surface area (Å²) in [6.45, 7) is 3.28. The predicted molar refractivity (Wildman–Crippen MR) is 83.8 cm³/mol. The molecule has 1 aromatic carbocycles. The van der Waals surface area contributed by atoms with Gasteiger partial charge >= 0.3 is 0 Å². The van der Waals surface area contributed by atoms with Crippen LogP contribution in [-0.4, -0.2) is 12.6 Å². The molecule has 1 nitrogen and oxygen atoms in total. The lowest BCUT2D eigenvalue weighted by Crippen LogP contribution is -2.37. The molecule has 1 aliphatic rings. The average Bonchev–Trinajstić information content (AvgIpc) is 2.66. The molecular formula is C17H25ClFN. The van der Waals surface area contributed by atoms with Gasteiger partial charge in [0.05, 0.1) is 5.02 Å². The van der Waals surface area contributed by atoms with E-state index < -0.39 is 0 Å². The molecular weight excluding hydrogens is 273 g/mol. The highest BCUT2D eigenvalue weighted by Crippen LogP contribution is 2.27. The Labute approximate surface area is 126 Å². The van der Waals surface area contributed by atoms with Gasteiger partial charge in [-0.25, -0.2) is 4.39 Å². The molecule has 2 unspecified atom stereocenters. The molecule has 1 saturated carbocycles. The molecule has 20 heavy (non-hydrogen) atoms. The molecule has 0 radical (unpaired) electrons. The highest BCUT2D eigenvalue weighted by Gasteiger charge is 2.23. The molecule has 0 spiro atoms. The quantitative estimate of drug-likeness (QED) is 0.757. The Morgan fingerprint density at radius 3 is 2.80 bits per heavy atom. The minimum Gasteiger partial charge on any atom is -0.314 e. The summed E-state index contributed by atoms with van der Waals surface area (Å²) in [7, 11) is 0. The van der Waals surface area contributed by atoms with Crippen LogP contribution < -0.4 is 5.32 Å². The van der Waals surface area contributed by atoms with Crippen molar-refractivity contribution in [2.75, 3.05) is 6.54 Å². The zero-order valence-corrected chi connectivity index (χ0v) is 13.1. The highest BCUT2D eigenvalue weighted by molar-refractivity contribution is 6.30. The lowest BCUT2D eigenvalue weighted by Gasteiger charge is -2.26. The highest BCUT2D eigenvalue weighted by atomic mass is 35.5. The van der Waals surface area contributed by atoms with E-state index in [2.05, 4.69) is 12.2 Å². The van der Waals surface area contributed by atoms with Crippen molar-refractivity contribution in [2.24, 2.45) is 5.92 Å². The maximum absolute atomic E-state index is 13.6. The van der Waals surface area contributed by atoms with Crippen LogP contribution in [0.1, 0.15) is 51.0 Å². The van der Waals surface area contributed by atoms with Crippen LogP contribution in [0.4, 0.5) is 4.39 Å². The van der Waals surface area contributed by atoms with Gasteiger partial charge in [-0.15, -0.1) is 0 Å². The molecule has 0 bridgehead atoms. The summed E-state index contributed by atoms with van der Waals surface area (Å²) in [5.74, 6) is 0.320. The van der Waals surface area contributed by atoms with Gasteiger partial charge in [-0.1, -0.05) is 43.9 Å². The number of halogens is 2. The second kappa shape index (κ2) is 7.99. The van der Waals surface area contributed by atoms with Gasteiger partial charge in [-0.2, -0.15) is 0 Å². The summed E-state index contributed by atoms with van der Waals surface area (Å²) in [6, 6.07) is 5.82. The summed E-state index contributed by atoms with van der Waals surface area (Å²) in [4.78, 5) is 0. The van der Waals surface area contributed by atoms with Crippen molar-refractivity contribution in [3.05, 3.63) is 34.6 Å². The third kappa shape index (κ3) is 4.46. The molecule has 112 valence electrons. The molecule has 1 fully saturated rings. The first-order valence-corrected chi connectivity index (χ1v) is 8.25. The third-order valence-corrected chi connectivity index (χ3v) is 4.60. The summed E-state index contributed by atoms with van der Waals surface area (Å²) in [5.41, 5.74) is 1.07. The molecule has 1 aromatic rings. The van der Waals surface area contributed by atoms with Crippen LogP contribution in [0.3, 0.4) is 0 Å². The summed E-state index contributed by atoms with van der Waals surface area (Å²) < 4.78 is 13.6. The fraction of sp³-hybridized carbons (Fsp3) is 0.647. The minimum absolute atomic E-state index is 0.218. The topological polar surface area (TPSA) is 12.0 Å². The van der Waals surface area contributed by atoms with Gasteiger partial charge in [-0.3, -0.25) is 0 Å². The number of hydrogen-bond acceptors (Lipinski definition) is 1. The van der Waals surface area contributed by atoms with Crippen molar-refractivity contribution in [3.63, 3.8) is 0 Å². The van der Waals surface area contributed by atoms with Crippen LogP contribution in [-0.2, 0) is 6.42 Å². The Hall–Kier alpha value is -0.600. The Kier molecular flexibility index (Phi) is 6.31. The zero-order chi connectivity index (χ0) is 14.4. The fourth-order valence-electron chi connectivity index (χ4n) is 3.20. The van der Waals surface area contributed by atoms with Crippen LogP contribution in [0, 0.1) is 11.7 Å². The van der Waals surface area contributed by atoms with E-state index in [4.69, 9.17) is 11.6 Å². The van der Waals surface area contributed by atoms with Gasteiger partial charge in [0.1, 0.15) is 5.82 Å². The third-order valence-electron chi connectivity index (χ3n) is 4.30. The predicted octanol–water partition coefficient (Wildman–Crippen LogP) is 4.97. The van der Waals surface area contributed by atoms with Crippen molar-refractivity contribution in [2.45, 2.75) is 57.9 Å². The van der Waals surface area contributed by atoms with Crippen molar-refractivity contribution in [3.8, 4) is 0 Å². The first-order chi connectivity index (χ1) is 9.70. The van der Waals surface area contributed by atoms with Crippen molar-refractivity contribution in [1.82, 2.24) is 5.32 Å². The second-order valence-electron chi connectivity index (χ2n) is 5.91. The molecule has 3 heteroatoms. The van der Waals surface area contributed by atoms with E-state index in [9.17, 15) is 4.39 Å². The second-order valence-corrected chi connectivity index (χ2v) is 6.32. The largest absolute Gasteiger partial charge is 0.314 e. The number of hydrogen-bond donors (Lipinski definition) is 1. The minimum atomic E-state index is -0.296. The van der Waals surface area contributed by atoms with Crippen LogP contribution >= 0.6 is 11.6 Å². The molecule has 0 amide bonds. The van der Waals surface area contributed by atoms with Gasteiger partial charge in [0.25, 0.3) is 0 Å². The van der Waals surface area contributed by atoms with Gasteiger partial charge in [-0.05, 0) is 55.8 Å².